The molecule has 1 aromatic heterocycles. The molecule has 88 valence electrons. The normalized spacial score (nSPS) is 11.7. The molecule has 0 aliphatic rings. The number of nitrogens with zero attached hydrogens (tertiary/aromatic N) is 1. The molecule has 3 heteroatoms. The summed E-state index contributed by atoms with van der Waals surface area (Å²) in [6.07, 6.45) is 3.56. The molecule has 1 aromatic rings. The van der Waals surface area contributed by atoms with E-state index in [1.54, 1.807) is 12.4 Å². The van der Waals surface area contributed by atoms with Crippen molar-refractivity contribution in [3.63, 3.8) is 0 Å². The summed E-state index contributed by atoms with van der Waals surface area (Å²) in [4.78, 5) is 4.02. The Balaban J connectivity index is 0. The molecule has 0 fully saturated rings. The van der Waals surface area contributed by atoms with E-state index in [9.17, 15) is 0 Å². The highest BCUT2D eigenvalue weighted by Gasteiger charge is 2.13. The van der Waals surface area contributed by atoms with Crippen molar-refractivity contribution in [2.75, 3.05) is 5.43 Å². The first-order valence-corrected chi connectivity index (χ1v) is 5.57. The van der Waals surface area contributed by atoms with Gasteiger partial charge in [0.15, 0.2) is 0 Å². The highest BCUT2D eigenvalue weighted by Crippen LogP contribution is 2.28. The minimum atomic E-state index is 0. The number of rotatable bonds is 3. The lowest BCUT2D eigenvalue weighted by atomic mass is 9.90. The summed E-state index contributed by atoms with van der Waals surface area (Å²) in [5.41, 5.74) is 4.82. The molecule has 1 atom stereocenters. The number of aromatic nitrogens is 1. The van der Waals surface area contributed by atoms with Gasteiger partial charge in [-0.1, -0.05) is 34.6 Å². The summed E-state index contributed by atoms with van der Waals surface area (Å²) in [6.45, 7) is 10.6. The largest absolute Gasteiger partial charge is 0.322 e. The summed E-state index contributed by atoms with van der Waals surface area (Å²) in [7, 11) is 0. The minimum absolute atomic E-state index is 0. The van der Waals surface area contributed by atoms with Crippen molar-refractivity contribution in [2.45, 2.75) is 40.5 Å². The molecule has 0 spiro atoms. The number of nitrogens with two attached hydrogens (primary N) is 1. The molecule has 0 radical (unpaired) electrons. The standard InChI is InChI=1S/C10H17N3.C2H6.H2/c1-7(2)8(3)9-4-5-12-6-10(9)13-11;1-2;/h4-8,13H,11H2,1-3H3;1-2H3;1H. The lowest BCUT2D eigenvalue weighted by Crippen LogP contribution is -2.12. The van der Waals surface area contributed by atoms with Crippen LogP contribution in [0.4, 0.5) is 5.69 Å². The number of nitrogens with one attached hydrogen (secondary N) is 1. The molecule has 0 aliphatic carbocycles. The van der Waals surface area contributed by atoms with Crippen LogP contribution in [0.2, 0.25) is 0 Å². The molecule has 0 aliphatic heterocycles. The Labute approximate surface area is 94.6 Å². The lowest BCUT2D eigenvalue weighted by molar-refractivity contribution is 0.535. The molecule has 0 amide bonds. The van der Waals surface area contributed by atoms with E-state index in [1.807, 2.05) is 19.9 Å². The van der Waals surface area contributed by atoms with Crippen molar-refractivity contribution in [1.29, 1.82) is 0 Å². The third-order valence-corrected chi connectivity index (χ3v) is 2.50. The van der Waals surface area contributed by atoms with Gasteiger partial charge in [0.05, 0.1) is 11.9 Å². The smallest absolute Gasteiger partial charge is 0.0704 e. The minimum Gasteiger partial charge on any atom is -0.322 e. The van der Waals surface area contributed by atoms with Gasteiger partial charge in [-0.15, -0.1) is 0 Å². The maximum Gasteiger partial charge on any atom is 0.0704 e. The molecule has 1 rings (SSSR count). The van der Waals surface area contributed by atoms with Crippen LogP contribution in [-0.4, -0.2) is 4.98 Å². The van der Waals surface area contributed by atoms with E-state index in [4.69, 9.17) is 5.84 Å². The predicted octanol–water partition coefficient (Wildman–Crippen LogP) is 3.40. The zero-order valence-electron chi connectivity index (χ0n) is 10.4. The topological polar surface area (TPSA) is 50.9 Å². The number of anilines is 1. The second kappa shape index (κ2) is 7.23. The van der Waals surface area contributed by atoms with Crippen molar-refractivity contribution in [3.05, 3.63) is 24.0 Å². The van der Waals surface area contributed by atoms with Gasteiger partial charge in [-0.05, 0) is 23.5 Å². The van der Waals surface area contributed by atoms with Gasteiger partial charge in [0.25, 0.3) is 0 Å². The predicted molar refractivity (Wildman–Crippen MR) is 68.8 cm³/mol. The number of hydrogen-bond acceptors (Lipinski definition) is 3. The van der Waals surface area contributed by atoms with Crippen LogP contribution in [0.25, 0.3) is 0 Å². The average molecular weight is 211 g/mol. The highest BCUT2D eigenvalue weighted by molar-refractivity contribution is 5.49. The fraction of sp³-hybridized carbons (Fsp3) is 0.583. The van der Waals surface area contributed by atoms with Gasteiger partial charge in [-0.3, -0.25) is 10.8 Å². The Hall–Kier alpha value is -1.09. The van der Waals surface area contributed by atoms with Crippen molar-refractivity contribution in [3.8, 4) is 0 Å². The van der Waals surface area contributed by atoms with Crippen LogP contribution in [0, 0.1) is 5.92 Å². The van der Waals surface area contributed by atoms with E-state index in [2.05, 4.69) is 31.2 Å². The average Bonchev–Trinajstić information content (AvgIpc) is 2.30. The molecule has 15 heavy (non-hydrogen) atoms. The fourth-order valence-electron chi connectivity index (χ4n) is 1.28. The molecular formula is C12H25N3. The van der Waals surface area contributed by atoms with Crippen LogP contribution < -0.4 is 11.3 Å². The summed E-state index contributed by atoms with van der Waals surface area (Å²) >= 11 is 0. The summed E-state index contributed by atoms with van der Waals surface area (Å²) in [5.74, 6) is 6.50. The molecule has 3 nitrogen and oxygen atoms in total. The molecule has 3 N–H and O–H groups in total. The Morgan fingerprint density at radius 1 is 1.33 bits per heavy atom. The Kier molecular flexibility index (Phi) is 6.71. The van der Waals surface area contributed by atoms with Crippen LogP contribution >= 0.6 is 0 Å². The fourth-order valence-corrected chi connectivity index (χ4v) is 1.28. The van der Waals surface area contributed by atoms with Gasteiger partial charge >= 0.3 is 0 Å². The summed E-state index contributed by atoms with van der Waals surface area (Å²) in [5, 5.41) is 0. The molecule has 0 aromatic carbocycles. The molecule has 0 saturated heterocycles. The summed E-state index contributed by atoms with van der Waals surface area (Å²) in [6, 6.07) is 2.01. The Morgan fingerprint density at radius 3 is 2.40 bits per heavy atom. The number of nitrogen functional groups attached to an aromatic ring is 1. The second-order valence-corrected chi connectivity index (χ2v) is 3.64. The Morgan fingerprint density at radius 2 is 1.93 bits per heavy atom. The van der Waals surface area contributed by atoms with Crippen LogP contribution in [0.15, 0.2) is 18.5 Å². The van der Waals surface area contributed by atoms with Crippen LogP contribution in [0.3, 0.4) is 0 Å². The van der Waals surface area contributed by atoms with Gasteiger partial charge in [0.2, 0.25) is 0 Å². The maximum atomic E-state index is 5.40. The van der Waals surface area contributed by atoms with Gasteiger partial charge < -0.3 is 5.43 Å². The van der Waals surface area contributed by atoms with Crippen molar-refractivity contribution in [2.24, 2.45) is 11.8 Å². The van der Waals surface area contributed by atoms with E-state index < -0.39 is 0 Å². The SMILES string of the molecule is CC.CC(C)C(C)c1ccncc1NN.[HH]. The van der Waals surface area contributed by atoms with Crippen molar-refractivity contribution >= 4 is 5.69 Å². The monoisotopic (exact) mass is 211 g/mol. The number of hydrogen-bond donors (Lipinski definition) is 2. The van der Waals surface area contributed by atoms with Gasteiger partial charge in [0, 0.05) is 7.62 Å². The molecule has 1 heterocycles. The van der Waals surface area contributed by atoms with Gasteiger partial charge in [-0.2, -0.15) is 0 Å². The number of pyridine rings is 1. The Bertz CT molecular complexity index is 277. The summed E-state index contributed by atoms with van der Waals surface area (Å²) < 4.78 is 0. The number of hydrazine groups is 1. The van der Waals surface area contributed by atoms with Crippen LogP contribution in [-0.2, 0) is 0 Å². The zero-order valence-corrected chi connectivity index (χ0v) is 10.4. The van der Waals surface area contributed by atoms with Crippen molar-refractivity contribution < 1.29 is 1.43 Å². The quantitative estimate of drug-likeness (QED) is 0.595. The van der Waals surface area contributed by atoms with Gasteiger partial charge in [0.1, 0.15) is 0 Å². The van der Waals surface area contributed by atoms with E-state index >= 15 is 0 Å². The third-order valence-electron chi connectivity index (χ3n) is 2.50. The lowest BCUT2D eigenvalue weighted by Gasteiger charge is -2.18. The maximum absolute atomic E-state index is 5.40. The first-order chi connectivity index (χ1) is 7.16. The van der Waals surface area contributed by atoms with Crippen molar-refractivity contribution in [1.82, 2.24) is 4.98 Å². The van der Waals surface area contributed by atoms with Crippen LogP contribution in [0.5, 0.6) is 0 Å². The van der Waals surface area contributed by atoms with Gasteiger partial charge in [-0.25, -0.2) is 0 Å². The second-order valence-electron chi connectivity index (χ2n) is 3.64. The first-order valence-electron chi connectivity index (χ1n) is 5.57. The van der Waals surface area contributed by atoms with E-state index in [0.29, 0.717) is 11.8 Å². The van der Waals surface area contributed by atoms with E-state index in [0.717, 1.165) is 5.69 Å². The first kappa shape index (κ1) is 13.9. The van der Waals surface area contributed by atoms with E-state index in [1.165, 1.54) is 5.56 Å². The molecule has 1 unspecified atom stereocenters. The zero-order chi connectivity index (χ0) is 11.8. The third kappa shape index (κ3) is 3.88. The van der Waals surface area contributed by atoms with Crippen LogP contribution in [0.1, 0.15) is 47.5 Å². The molecule has 0 bridgehead atoms. The molecule has 0 saturated carbocycles. The highest BCUT2D eigenvalue weighted by atomic mass is 15.2. The van der Waals surface area contributed by atoms with E-state index in [-0.39, 0.29) is 1.43 Å². The molecular weight excluding hydrogens is 186 g/mol.